The number of carbonyl (C=O) groups excluding carboxylic acids is 1. The predicted octanol–water partition coefficient (Wildman–Crippen LogP) is -0.125. The fourth-order valence-electron chi connectivity index (χ4n) is 2.13. The monoisotopic (exact) mass is 220 g/mol. The van der Waals surface area contributed by atoms with Crippen LogP contribution in [-0.4, -0.2) is 50.2 Å². The summed E-state index contributed by atoms with van der Waals surface area (Å²) in [5.74, 6) is 0.633. The third-order valence-corrected chi connectivity index (χ3v) is 3.04. The Morgan fingerprint density at radius 1 is 1.57 bits per heavy atom. The van der Waals surface area contributed by atoms with E-state index >= 15 is 0 Å². The summed E-state index contributed by atoms with van der Waals surface area (Å²) in [7, 11) is 1.88. The maximum Gasteiger partial charge on any atom is 0.248 e. The van der Waals surface area contributed by atoms with Crippen molar-refractivity contribution in [2.24, 2.45) is 5.92 Å². The molecule has 1 amide bonds. The van der Waals surface area contributed by atoms with Gasteiger partial charge in [-0.1, -0.05) is 0 Å². The first-order valence-electron chi connectivity index (χ1n) is 4.83. The summed E-state index contributed by atoms with van der Waals surface area (Å²) in [6.07, 6.45) is 1.11. The Morgan fingerprint density at radius 3 is 3.14 bits per heavy atom. The summed E-state index contributed by atoms with van der Waals surface area (Å²) in [6.45, 7) is 2.95. The van der Waals surface area contributed by atoms with E-state index in [1.165, 1.54) is 0 Å². The lowest BCUT2D eigenvalue weighted by atomic mass is 9.93. The Bertz CT molecular complexity index is 213. The van der Waals surface area contributed by atoms with Crippen molar-refractivity contribution in [3.8, 4) is 0 Å². The SMILES string of the molecule is CN1C(=O)COC[C@@H]2CCNC[C@@H]21.Cl. The summed E-state index contributed by atoms with van der Waals surface area (Å²) < 4.78 is 5.33. The minimum Gasteiger partial charge on any atom is -0.371 e. The van der Waals surface area contributed by atoms with Crippen LogP contribution in [0.25, 0.3) is 0 Å². The lowest BCUT2D eigenvalue weighted by Crippen LogP contribution is -2.51. The molecule has 0 aliphatic carbocycles. The molecular formula is C9H17ClN2O2. The standard InChI is InChI=1S/C9H16N2O2.ClH/c1-11-8-4-10-3-2-7(8)5-13-6-9(11)12;/h7-8,10H,2-6H2,1H3;1H/t7-,8-;/m0./s1. The van der Waals surface area contributed by atoms with Crippen LogP contribution in [0.2, 0.25) is 0 Å². The Morgan fingerprint density at radius 2 is 2.36 bits per heavy atom. The maximum atomic E-state index is 11.4. The van der Waals surface area contributed by atoms with Crippen LogP contribution in [0.15, 0.2) is 0 Å². The molecule has 82 valence electrons. The fraction of sp³-hybridized carbons (Fsp3) is 0.889. The van der Waals surface area contributed by atoms with Crippen LogP contribution in [-0.2, 0) is 9.53 Å². The van der Waals surface area contributed by atoms with Crippen LogP contribution >= 0.6 is 12.4 Å². The van der Waals surface area contributed by atoms with Gasteiger partial charge in [-0.05, 0) is 13.0 Å². The molecule has 14 heavy (non-hydrogen) atoms. The number of amides is 1. The van der Waals surface area contributed by atoms with Crippen molar-refractivity contribution in [3.63, 3.8) is 0 Å². The molecule has 0 spiro atoms. The quantitative estimate of drug-likeness (QED) is 0.619. The molecule has 2 aliphatic heterocycles. The smallest absolute Gasteiger partial charge is 0.248 e. The number of likely N-dealkylation sites (N-methyl/N-ethyl adjacent to an activating group) is 1. The van der Waals surface area contributed by atoms with Crippen LogP contribution in [0.5, 0.6) is 0 Å². The molecular weight excluding hydrogens is 204 g/mol. The van der Waals surface area contributed by atoms with Gasteiger partial charge in [0, 0.05) is 25.6 Å². The molecule has 0 saturated carbocycles. The number of carbonyl (C=O) groups is 1. The third kappa shape index (κ3) is 2.19. The van der Waals surface area contributed by atoms with Crippen LogP contribution in [0.3, 0.4) is 0 Å². The van der Waals surface area contributed by atoms with Crippen LogP contribution < -0.4 is 5.32 Å². The van der Waals surface area contributed by atoms with Crippen LogP contribution in [0.4, 0.5) is 0 Å². The van der Waals surface area contributed by atoms with Crippen molar-refractivity contribution in [1.82, 2.24) is 10.2 Å². The normalized spacial score (nSPS) is 32.9. The summed E-state index contributed by atoms with van der Waals surface area (Å²) in [5, 5.41) is 3.31. The number of ether oxygens (including phenoxy) is 1. The molecule has 0 bridgehead atoms. The van der Waals surface area contributed by atoms with Crippen molar-refractivity contribution in [3.05, 3.63) is 0 Å². The van der Waals surface area contributed by atoms with Crippen molar-refractivity contribution in [2.75, 3.05) is 33.4 Å². The topological polar surface area (TPSA) is 41.6 Å². The molecule has 2 saturated heterocycles. The Balaban J connectivity index is 0.000000980. The lowest BCUT2D eigenvalue weighted by Gasteiger charge is -2.35. The van der Waals surface area contributed by atoms with Crippen LogP contribution in [0, 0.1) is 5.92 Å². The number of nitrogens with one attached hydrogen (secondary N) is 1. The Labute approximate surface area is 90.4 Å². The van der Waals surface area contributed by atoms with Gasteiger partial charge in [-0.2, -0.15) is 0 Å². The Kier molecular flexibility index (Phi) is 4.16. The van der Waals surface area contributed by atoms with E-state index in [0.717, 1.165) is 26.1 Å². The predicted molar refractivity (Wildman–Crippen MR) is 55.6 cm³/mol. The summed E-state index contributed by atoms with van der Waals surface area (Å²) in [6, 6.07) is 0.337. The second kappa shape index (κ2) is 4.96. The highest BCUT2D eigenvalue weighted by Gasteiger charge is 2.33. The molecule has 0 aromatic carbocycles. The van der Waals surface area contributed by atoms with Gasteiger partial charge in [-0.15, -0.1) is 12.4 Å². The highest BCUT2D eigenvalue weighted by molar-refractivity contribution is 5.85. The molecule has 2 heterocycles. The highest BCUT2D eigenvalue weighted by Crippen LogP contribution is 2.20. The molecule has 2 rings (SSSR count). The molecule has 2 aliphatic rings. The molecule has 0 radical (unpaired) electrons. The number of halogens is 1. The zero-order valence-electron chi connectivity index (χ0n) is 8.36. The second-order valence-corrected chi connectivity index (χ2v) is 3.84. The van der Waals surface area contributed by atoms with Gasteiger partial charge in [0.2, 0.25) is 5.91 Å². The highest BCUT2D eigenvalue weighted by atomic mass is 35.5. The van der Waals surface area contributed by atoms with E-state index in [2.05, 4.69) is 5.32 Å². The van der Waals surface area contributed by atoms with Gasteiger partial charge in [0.1, 0.15) is 6.61 Å². The summed E-state index contributed by atoms with van der Waals surface area (Å²) in [4.78, 5) is 13.3. The van der Waals surface area contributed by atoms with Crippen molar-refractivity contribution in [2.45, 2.75) is 12.5 Å². The molecule has 0 unspecified atom stereocenters. The fourth-order valence-corrected chi connectivity index (χ4v) is 2.13. The first kappa shape index (κ1) is 11.8. The van der Waals surface area contributed by atoms with Gasteiger partial charge in [0.05, 0.1) is 6.61 Å². The van der Waals surface area contributed by atoms with Gasteiger partial charge >= 0.3 is 0 Å². The number of hydrogen-bond acceptors (Lipinski definition) is 3. The van der Waals surface area contributed by atoms with Crippen molar-refractivity contribution in [1.29, 1.82) is 0 Å². The minimum atomic E-state index is 0. The zero-order chi connectivity index (χ0) is 9.26. The minimum absolute atomic E-state index is 0. The summed E-state index contributed by atoms with van der Waals surface area (Å²) >= 11 is 0. The van der Waals surface area contributed by atoms with Gasteiger partial charge in [-0.3, -0.25) is 4.79 Å². The molecule has 1 N–H and O–H groups in total. The zero-order valence-corrected chi connectivity index (χ0v) is 9.18. The van der Waals surface area contributed by atoms with Gasteiger partial charge in [-0.25, -0.2) is 0 Å². The van der Waals surface area contributed by atoms with Gasteiger partial charge in [0.15, 0.2) is 0 Å². The van der Waals surface area contributed by atoms with Gasteiger partial charge < -0.3 is 15.0 Å². The lowest BCUT2D eigenvalue weighted by molar-refractivity contribution is -0.134. The second-order valence-electron chi connectivity index (χ2n) is 3.84. The number of hydrogen-bond donors (Lipinski definition) is 1. The molecule has 0 aromatic rings. The average molecular weight is 221 g/mol. The van der Waals surface area contributed by atoms with Crippen molar-refractivity contribution >= 4 is 18.3 Å². The number of rotatable bonds is 0. The average Bonchev–Trinajstić information content (AvgIpc) is 2.29. The molecule has 2 fully saturated rings. The van der Waals surface area contributed by atoms with Gasteiger partial charge in [0.25, 0.3) is 0 Å². The third-order valence-electron chi connectivity index (χ3n) is 3.04. The van der Waals surface area contributed by atoms with E-state index in [1.807, 2.05) is 11.9 Å². The van der Waals surface area contributed by atoms with E-state index < -0.39 is 0 Å². The first-order chi connectivity index (χ1) is 6.29. The number of piperidine rings is 1. The van der Waals surface area contributed by atoms with E-state index in [4.69, 9.17) is 4.74 Å². The first-order valence-corrected chi connectivity index (χ1v) is 4.83. The van der Waals surface area contributed by atoms with E-state index in [9.17, 15) is 4.79 Å². The maximum absolute atomic E-state index is 11.4. The number of nitrogens with zero attached hydrogens (tertiary/aromatic N) is 1. The van der Waals surface area contributed by atoms with E-state index in [-0.39, 0.29) is 24.9 Å². The molecule has 2 atom stereocenters. The molecule has 4 nitrogen and oxygen atoms in total. The van der Waals surface area contributed by atoms with Crippen molar-refractivity contribution < 1.29 is 9.53 Å². The van der Waals surface area contributed by atoms with E-state index in [1.54, 1.807) is 0 Å². The Hall–Kier alpha value is -0.320. The molecule has 0 aromatic heterocycles. The van der Waals surface area contributed by atoms with E-state index in [0.29, 0.717) is 12.0 Å². The number of fused-ring (bicyclic) bond motifs is 1. The summed E-state index contributed by atoms with van der Waals surface area (Å²) in [5.41, 5.74) is 0. The largest absolute Gasteiger partial charge is 0.371 e. The van der Waals surface area contributed by atoms with Crippen LogP contribution in [0.1, 0.15) is 6.42 Å². The molecule has 5 heteroatoms.